The van der Waals surface area contributed by atoms with Gasteiger partial charge in [-0.15, -0.1) is 0 Å². The molecule has 0 heterocycles. The van der Waals surface area contributed by atoms with Crippen LogP contribution < -0.4 is 0 Å². The van der Waals surface area contributed by atoms with Crippen molar-refractivity contribution in [2.45, 2.75) is 162 Å². The molecule has 0 aromatic heterocycles. The first kappa shape index (κ1) is 37.6. The maximum Gasteiger partial charge on any atom is 0.306 e. The number of rotatable bonds is 28. The Bertz CT molecular complexity index is 583. The molecule has 0 aliphatic rings. The number of carbonyl (C=O) groups is 1. The van der Waals surface area contributed by atoms with Crippen LogP contribution in [0.3, 0.4) is 0 Å². The van der Waals surface area contributed by atoms with E-state index in [9.17, 15) is 4.79 Å². The molecule has 0 radical (unpaired) electrons. The quantitative estimate of drug-likeness (QED) is 0.0556. The summed E-state index contributed by atoms with van der Waals surface area (Å²) in [7, 11) is 4.18. The van der Waals surface area contributed by atoms with Crippen LogP contribution in [-0.4, -0.2) is 37.6 Å². The summed E-state index contributed by atoms with van der Waals surface area (Å²) in [4.78, 5) is 15.1. The standard InChI is InChI=1S/C36H67NO2/c1-6-9-12-15-18-21-24-29-34(30-25-22-19-16-13-10-7-2)35(31-26-23-20-17-14-11-8-3)39-36(38)32-27-28-33-37(4)5/h18-23,34-35H,6-17,24-33H2,1-5H3/b21-18+,22-19+,23-20+. The molecule has 0 aliphatic carbocycles. The van der Waals surface area contributed by atoms with Gasteiger partial charge < -0.3 is 9.64 Å². The Balaban J connectivity index is 5.16. The van der Waals surface area contributed by atoms with E-state index in [0.29, 0.717) is 12.3 Å². The van der Waals surface area contributed by atoms with Crippen LogP contribution in [0.25, 0.3) is 0 Å². The van der Waals surface area contributed by atoms with Gasteiger partial charge in [0.15, 0.2) is 0 Å². The number of nitrogens with zero attached hydrogens (tertiary/aromatic N) is 1. The monoisotopic (exact) mass is 546 g/mol. The summed E-state index contributed by atoms with van der Waals surface area (Å²) in [5.74, 6) is 0.422. The van der Waals surface area contributed by atoms with Crippen molar-refractivity contribution >= 4 is 5.97 Å². The number of carbonyl (C=O) groups excluding carboxylic acids is 1. The lowest BCUT2D eigenvalue weighted by atomic mass is 9.88. The highest BCUT2D eigenvalue weighted by Gasteiger charge is 2.24. The molecule has 39 heavy (non-hydrogen) atoms. The molecule has 1 unspecified atom stereocenters. The average Bonchev–Trinajstić information content (AvgIpc) is 2.92. The SMILES string of the molecule is CCCCC/C=C/CCC(CC/C=C/CCCCC)C(CC/C=C/CCCCC)OC(=O)CCCCN(C)C. The molecular weight excluding hydrogens is 478 g/mol. The van der Waals surface area contributed by atoms with Crippen molar-refractivity contribution in [2.75, 3.05) is 20.6 Å². The zero-order valence-electron chi connectivity index (χ0n) is 26.9. The van der Waals surface area contributed by atoms with E-state index < -0.39 is 0 Å². The van der Waals surface area contributed by atoms with E-state index in [0.717, 1.165) is 57.9 Å². The number of hydrogen-bond acceptors (Lipinski definition) is 3. The van der Waals surface area contributed by atoms with Crippen molar-refractivity contribution in [3.8, 4) is 0 Å². The molecular formula is C36H67NO2. The van der Waals surface area contributed by atoms with Gasteiger partial charge in [-0.25, -0.2) is 0 Å². The number of ether oxygens (including phenoxy) is 1. The Morgan fingerprint density at radius 2 is 1.03 bits per heavy atom. The van der Waals surface area contributed by atoms with E-state index in [1.165, 1.54) is 77.0 Å². The van der Waals surface area contributed by atoms with Crippen molar-refractivity contribution in [3.63, 3.8) is 0 Å². The summed E-state index contributed by atoms with van der Waals surface area (Å²) in [5.41, 5.74) is 0. The molecule has 1 atom stereocenters. The van der Waals surface area contributed by atoms with Gasteiger partial charge in [-0.1, -0.05) is 95.8 Å². The average molecular weight is 546 g/mol. The Morgan fingerprint density at radius 3 is 1.46 bits per heavy atom. The van der Waals surface area contributed by atoms with Crippen molar-refractivity contribution < 1.29 is 9.53 Å². The van der Waals surface area contributed by atoms with Gasteiger partial charge in [0.1, 0.15) is 6.10 Å². The van der Waals surface area contributed by atoms with Crippen molar-refractivity contribution in [2.24, 2.45) is 5.92 Å². The molecule has 0 N–H and O–H groups in total. The zero-order chi connectivity index (χ0) is 28.8. The lowest BCUT2D eigenvalue weighted by Crippen LogP contribution is -2.27. The normalized spacial score (nSPS) is 13.1. The number of hydrogen-bond donors (Lipinski definition) is 0. The Morgan fingerprint density at radius 1 is 0.590 bits per heavy atom. The summed E-state index contributed by atoms with van der Waals surface area (Å²) < 4.78 is 6.25. The molecule has 228 valence electrons. The molecule has 0 bridgehead atoms. The lowest BCUT2D eigenvalue weighted by molar-refractivity contribution is -0.152. The first-order valence-corrected chi connectivity index (χ1v) is 16.8. The van der Waals surface area contributed by atoms with Crippen LogP contribution >= 0.6 is 0 Å². The minimum atomic E-state index is 0.000830. The molecule has 0 rings (SSSR count). The van der Waals surface area contributed by atoms with Crippen LogP contribution in [0.4, 0.5) is 0 Å². The number of unbranched alkanes of at least 4 members (excludes halogenated alkanes) is 10. The topological polar surface area (TPSA) is 29.5 Å². The Hall–Kier alpha value is -1.35. The van der Waals surface area contributed by atoms with Crippen LogP contribution in [0.5, 0.6) is 0 Å². The molecule has 0 aromatic carbocycles. The second kappa shape index (κ2) is 29.6. The summed E-state index contributed by atoms with van der Waals surface area (Å²) in [5, 5.41) is 0. The van der Waals surface area contributed by atoms with Crippen molar-refractivity contribution in [1.29, 1.82) is 0 Å². The highest BCUT2D eigenvalue weighted by molar-refractivity contribution is 5.69. The van der Waals surface area contributed by atoms with Crippen molar-refractivity contribution in [3.05, 3.63) is 36.5 Å². The third-order valence-corrected chi connectivity index (χ3v) is 7.49. The van der Waals surface area contributed by atoms with Gasteiger partial charge in [0.25, 0.3) is 0 Å². The van der Waals surface area contributed by atoms with Gasteiger partial charge in [-0.05, 0) is 116 Å². The van der Waals surface area contributed by atoms with Crippen LogP contribution in [0, 0.1) is 5.92 Å². The lowest BCUT2D eigenvalue weighted by Gasteiger charge is -2.27. The predicted molar refractivity (Wildman–Crippen MR) is 173 cm³/mol. The molecule has 0 saturated heterocycles. The number of esters is 1. The van der Waals surface area contributed by atoms with Crippen molar-refractivity contribution in [1.82, 2.24) is 4.90 Å². The molecule has 0 spiro atoms. The maximum atomic E-state index is 12.9. The smallest absolute Gasteiger partial charge is 0.306 e. The zero-order valence-corrected chi connectivity index (χ0v) is 26.9. The molecule has 0 aliphatic heterocycles. The van der Waals surface area contributed by atoms with Gasteiger partial charge in [-0.2, -0.15) is 0 Å². The summed E-state index contributed by atoms with van der Waals surface area (Å²) in [6.45, 7) is 7.80. The van der Waals surface area contributed by atoms with E-state index in [4.69, 9.17) is 4.74 Å². The summed E-state index contributed by atoms with van der Waals surface area (Å²) in [6.07, 6.45) is 38.1. The van der Waals surface area contributed by atoms with Crippen LogP contribution in [0.1, 0.15) is 156 Å². The highest BCUT2D eigenvalue weighted by Crippen LogP contribution is 2.26. The maximum absolute atomic E-state index is 12.9. The van der Waals surface area contributed by atoms with Crippen LogP contribution in [0.15, 0.2) is 36.5 Å². The second-order valence-electron chi connectivity index (χ2n) is 11.7. The van der Waals surface area contributed by atoms with Gasteiger partial charge in [0.05, 0.1) is 0 Å². The van der Waals surface area contributed by atoms with Gasteiger partial charge in [-0.3, -0.25) is 4.79 Å². The molecule has 0 saturated carbocycles. The predicted octanol–water partition coefficient (Wildman–Crippen LogP) is 11.0. The summed E-state index contributed by atoms with van der Waals surface area (Å²) in [6, 6.07) is 0. The fourth-order valence-corrected chi connectivity index (χ4v) is 4.96. The molecule has 0 aromatic rings. The van der Waals surface area contributed by atoms with Gasteiger partial charge >= 0.3 is 5.97 Å². The third-order valence-electron chi connectivity index (χ3n) is 7.49. The minimum Gasteiger partial charge on any atom is -0.462 e. The van der Waals surface area contributed by atoms with E-state index in [1.54, 1.807) is 0 Å². The van der Waals surface area contributed by atoms with Gasteiger partial charge in [0.2, 0.25) is 0 Å². The molecule has 3 heteroatoms. The fourth-order valence-electron chi connectivity index (χ4n) is 4.96. The molecule has 0 amide bonds. The van der Waals surface area contributed by atoms with E-state index in [-0.39, 0.29) is 12.1 Å². The molecule has 0 fully saturated rings. The third kappa shape index (κ3) is 26.6. The Labute approximate surface area is 244 Å². The van der Waals surface area contributed by atoms with Crippen LogP contribution in [0.2, 0.25) is 0 Å². The van der Waals surface area contributed by atoms with E-state index in [1.807, 2.05) is 0 Å². The fraction of sp³-hybridized carbons (Fsp3) is 0.806. The van der Waals surface area contributed by atoms with E-state index >= 15 is 0 Å². The largest absolute Gasteiger partial charge is 0.462 e. The van der Waals surface area contributed by atoms with E-state index in [2.05, 4.69) is 76.2 Å². The van der Waals surface area contributed by atoms with Crippen LogP contribution in [-0.2, 0) is 9.53 Å². The number of allylic oxidation sites excluding steroid dienone is 6. The first-order chi connectivity index (χ1) is 19.0. The highest BCUT2D eigenvalue weighted by atomic mass is 16.5. The minimum absolute atomic E-state index is 0.000830. The Kier molecular flexibility index (Phi) is 28.6. The molecule has 3 nitrogen and oxygen atoms in total. The second-order valence-corrected chi connectivity index (χ2v) is 11.7. The van der Waals surface area contributed by atoms with Gasteiger partial charge in [0, 0.05) is 6.42 Å². The first-order valence-electron chi connectivity index (χ1n) is 16.8. The summed E-state index contributed by atoms with van der Waals surface area (Å²) >= 11 is 0.